The van der Waals surface area contributed by atoms with Gasteiger partial charge in [0.15, 0.2) is 0 Å². The Hall–Kier alpha value is -4.03. The summed E-state index contributed by atoms with van der Waals surface area (Å²) in [5, 5.41) is 11.9. The average Bonchev–Trinajstić information content (AvgIpc) is 2.95. The van der Waals surface area contributed by atoms with Gasteiger partial charge in [0.1, 0.15) is 24.7 Å². The Labute approximate surface area is 217 Å². The molecule has 1 fully saturated rings. The molecule has 5 rings (SSSR count). The predicted octanol–water partition coefficient (Wildman–Crippen LogP) is 6.35. The van der Waals surface area contributed by atoms with Gasteiger partial charge in [-0.3, -0.25) is 0 Å². The number of amides is 1. The van der Waals surface area contributed by atoms with E-state index in [0.717, 1.165) is 22.6 Å². The third-order valence-electron chi connectivity index (χ3n) is 6.78. The van der Waals surface area contributed by atoms with E-state index in [9.17, 15) is 9.90 Å². The van der Waals surface area contributed by atoms with E-state index in [2.05, 4.69) is 42.5 Å². The van der Waals surface area contributed by atoms with Crippen LogP contribution >= 0.6 is 0 Å². The van der Waals surface area contributed by atoms with Crippen molar-refractivity contribution in [1.29, 1.82) is 0 Å². The second-order valence-corrected chi connectivity index (χ2v) is 9.23. The number of nitrogens with zero attached hydrogens (tertiary/aromatic N) is 1. The van der Waals surface area contributed by atoms with Crippen LogP contribution in [0.25, 0.3) is 10.8 Å². The predicted molar refractivity (Wildman–Crippen MR) is 143 cm³/mol. The Balaban J connectivity index is 1.21. The standard InChI is InChI=1S/C31H31NO5/c33-31(34)32-17-16-29(30(21-32)37-22-23-10-11-24-6-4-5-7-26(24)20-23)25-12-14-28(15-13-25)36-19-18-35-27-8-2-1-3-9-27/h1-15,20,29-30H,16-19,21-22H2,(H,33,34). The van der Waals surface area contributed by atoms with Gasteiger partial charge in [0, 0.05) is 12.5 Å². The van der Waals surface area contributed by atoms with E-state index in [-0.39, 0.29) is 12.0 Å². The molecule has 4 aromatic rings. The normalized spacial score (nSPS) is 17.5. The monoisotopic (exact) mass is 497 g/mol. The van der Waals surface area contributed by atoms with Gasteiger partial charge in [-0.2, -0.15) is 0 Å². The van der Waals surface area contributed by atoms with Crippen LogP contribution in [0, 0.1) is 0 Å². The Bertz CT molecular complexity index is 1310. The van der Waals surface area contributed by atoms with E-state index in [1.807, 2.05) is 54.6 Å². The number of ether oxygens (including phenoxy) is 3. The third-order valence-corrected chi connectivity index (χ3v) is 6.78. The smallest absolute Gasteiger partial charge is 0.407 e. The molecule has 0 spiro atoms. The summed E-state index contributed by atoms with van der Waals surface area (Å²) in [7, 11) is 0. The van der Waals surface area contributed by atoms with E-state index in [0.29, 0.717) is 39.3 Å². The van der Waals surface area contributed by atoms with Crippen LogP contribution in [-0.2, 0) is 11.3 Å². The number of carboxylic acid groups (broad SMARTS) is 1. The largest absolute Gasteiger partial charge is 0.490 e. The fourth-order valence-corrected chi connectivity index (χ4v) is 4.82. The van der Waals surface area contributed by atoms with Gasteiger partial charge in [-0.1, -0.05) is 66.7 Å². The second kappa shape index (κ2) is 11.8. The minimum Gasteiger partial charge on any atom is -0.490 e. The van der Waals surface area contributed by atoms with Crippen LogP contribution in [0.5, 0.6) is 11.5 Å². The highest BCUT2D eigenvalue weighted by molar-refractivity contribution is 5.82. The molecule has 0 aromatic heterocycles. The molecular formula is C31H31NO5. The Morgan fingerprint density at radius 1 is 0.811 bits per heavy atom. The summed E-state index contributed by atoms with van der Waals surface area (Å²) in [6.07, 6.45) is -0.429. The molecule has 1 aliphatic rings. The van der Waals surface area contributed by atoms with Crippen LogP contribution in [0.4, 0.5) is 4.79 Å². The lowest BCUT2D eigenvalue weighted by atomic mass is 9.87. The van der Waals surface area contributed by atoms with Gasteiger partial charge in [0.2, 0.25) is 0 Å². The molecule has 1 heterocycles. The average molecular weight is 498 g/mol. The maximum absolute atomic E-state index is 11.7. The van der Waals surface area contributed by atoms with E-state index in [1.165, 1.54) is 15.7 Å². The minimum atomic E-state index is -0.903. The quantitative estimate of drug-likeness (QED) is 0.273. The zero-order chi connectivity index (χ0) is 25.5. The molecule has 2 unspecified atom stereocenters. The second-order valence-electron chi connectivity index (χ2n) is 9.23. The molecule has 0 saturated carbocycles. The summed E-state index contributed by atoms with van der Waals surface area (Å²) in [5.41, 5.74) is 2.20. The molecule has 4 aromatic carbocycles. The summed E-state index contributed by atoms with van der Waals surface area (Å²) in [6.45, 7) is 2.18. The van der Waals surface area contributed by atoms with Crippen molar-refractivity contribution in [2.24, 2.45) is 0 Å². The van der Waals surface area contributed by atoms with Crippen LogP contribution in [0.2, 0.25) is 0 Å². The van der Waals surface area contributed by atoms with E-state index in [1.54, 1.807) is 0 Å². The summed E-state index contributed by atoms with van der Waals surface area (Å²) in [5.74, 6) is 1.70. The van der Waals surface area contributed by atoms with Crippen molar-refractivity contribution < 1.29 is 24.1 Å². The molecular weight excluding hydrogens is 466 g/mol. The van der Waals surface area contributed by atoms with Crippen LogP contribution in [0.3, 0.4) is 0 Å². The molecule has 6 heteroatoms. The molecule has 37 heavy (non-hydrogen) atoms. The van der Waals surface area contributed by atoms with Crippen molar-refractivity contribution in [3.05, 3.63) is 108 Å². The fraction of sp³-hybridized carbons (Fsp3) is 0.258. The summed E-state index contributed by atoms with van der Waals surface area (Å²) < 4.78 is 17.9. The van der Waals surface area contributed by atoms with Gasteiger partial charge in [0.05, 0.1) is 19.3 Å². The molecule has 0 aliphatic carbocycles. The highest BCUT2D eigenvalue weighted by Gasteiger charge is 2.33. The first-order valence-corrected chi connectivity index (χ1v) is 12.6. The topological polar surface area (TPSA) is 68.2 Å². The molecule has 1 N–H and O–H groups in total. The lowest BCUT2D eigenvalue weighted by Gasteiger charge is -2.37. The van der Waals surface area contributed by atoms with E-state index in [4.69, 9.17) is 14.2 Å². The summed E-state index contributed by atoms with van der Waals surface area (Å²) in [6, 6.07) is 32.2. The zero-order valence-corrected chi connectivity index (χ0v) is 20.7. The lowest BCUT2D eigenvalue weighted by Crippen LogP contribution is -2.46. The summed E-state index contributed by atoms with van der Waals surface area (Å²) >= 11 is 0. The number of rotatable bonds is 9. The van der Waals surface area contributed by atoms with E-state index < -0.39 is 6.09 Å². The first-order chi connectivity index (χ1) is 18.2. The molecule has 0 radical (unpaired) electrons. The number of para-hydroxylation sites is 1. The van der Waals surface area contributed by atoms with Crippen molar-refractivity contribution in [2.45, 2.75) is 25.0 Å². The van der Waals surface area contributed by atoms with Crippen molar-refractivity contribution in [1.82, 2.24) is 4.90 Å². The number of piperidine rings is 1. The van der Waals surface area contributed by atoms with Crippen molar-refractivity contribution in [3.8, 4) is 11.5 Å². The lowest BCUT2D eigenvalue weighted by molar-refractivity contribution is -0.0199. The zero-order valence-electron chi connectivity index (χ0n) is 20.7. The van der Waals surface area contributed by atoms with Crippen molar-refractivity contribution in [2.75, 3.05) is 26.3 Å². The molecule has 1 saturated heterocycles. The molecule has 2 atom stereocenters. The summed E-state index contributed by atoms with van der Waals surface area (Å²) in [4.78, 5) is 13.1. The van der Waals surface area contributed by atoms with Gasteiger partial charge >= 0.3 is 6.09 Å². The first kappa shape index (κ1) is 24.7. The van der Waals surface area contributed by atoms with Gasteiger partial charge < -0.3 is 24.2 Å². The molecule has 0 bridgehead atoms. The highest BCUT2D eigenvalue weighted by atomic mass is 16.5. The first-order valence-electron chi connectivity index (χ1n) is 12.6. The van der Waals surface area contributed by atoms with Gasteiger partial charge in [-0.25, -0.2) is 4.79 Å². The number of benzene rings is 4. The van der Waals surface area contributed by atoms with Crippen molar-refractivity contribution in [3.63, 3.8) is 0 Å². The molecule has 1 amide bonds. The van der Waals surface area contributed by atoms with E-state index >= 15 is 0 Å². The third kappa shape index (κ3) is 6.40. The highest BCUT2D eigenvalue weighted by Crippen LogP contribution is 2.32. The van der Waals surface area contributed by atoms with Crippen LogP contribution in [-0.4, -0.2) is 48.5 Å². The number of carbonyl (C=O) groups is 1. The Morgan fingerprint density at radius 3 is 2.22 bits per heavy atom. The van der Waals surface area contributed by atoms with Crippen molar-refractivity contribution >= 4 is 16.9 Å². The van der Waals surface area contributed by atoms with Crippen LogP contribution in [0.1, 0.15) is 23.5 Å². The number of likely N-dealkylation sites (tertiary alicyclic amines) is 1. The minimum absolute atomic E-state index is 0.103. The number of hydrogen-bond acceptors (Lipinski definition) is 4. The van der Waals surface area contributed by atoms with Gasteiger partial charge in [-0.15, -0.1) is 0 Å². The van der Waals surface area contributed by atoms with Gasteiger partial charge in [0.25, 0.3) is 0 Å². The van der Waals surface area contributed by atoms with Gasteiger partial charge in [-0.05, 0) is 58.7 Å². The number of hydrogen-bond donors (Lipinski definition) is 1. The maximum atomic E-state index is 11.7. The van der Waals surface area contributed by atoms with Crippen LogP contribution in [0.15, 0.2) is 97.1 Å². The molecule has 6 nitrogen and oxygen atoms in total. The molecule has 1 aliphatic heterocycles. The Kier molecular flexibility index (Phi) is 7.87. The SMILES string of the molecule is O=C(O)N1CCC(c2ccc(OCCOc3ccccc3)cc2)C(OCc2ccc3ccccc3c2)C1. The molecule has 190 valence electrons. The fourth-order valence-electron chi connectivity index (χ4n) is 4.82. The van der Waals surface area contributed by atoms with Crippen LogP contribution < -0.4 is 9.47 Å². The Morgan fingerprint density at radius 2 is 1.49 bits per heavy atom. The maximum Gasteiger partial charge on any atom is 0.407 e. The number of fused-ring (bicyclic) bond motifs is 1.